The predicted molar refractivity (Wildman–Crippen MR) is 121 cm³/mol. The maximum Gasteiger partial charge on any atom is 0.227 e. The molecule has 1 aromatic heterocycles. The minimum Gasteiger partial charge on any atom is -0.345 e. The van der Waals surface area contributed by atoms with Gasteiger partial charge in [-0.15, -0.1) is 11.3 Å². The SMILES string of the molecule is CC(C)C(=O)N1CCN(c2nc3c(s2)C[C@@H](C(=O)Nc2ccc(Cl)cc2)CC3)CC1. The summed E-state index contributed by atoms with van der Waals surface area (Å²) in [5.41, 5.74) is 1.90. The van der Waals surface area contributed by atoms with Gasteiger partial charge in [0.05, 0.1) is 5.69 Å². The summed E-state index contributed by atoms with van der Waals surface area (Å²) in [4.78, 5) is 35.2. The zero-order chi connectivity index (χ0) is 21.3. The average molecular weight is 447 g/mol. The van der Waals surface area contributed by atoms with Crippen LogP contribution in [-0.4, -0.2) is 47.9 Å². The summed E-state index contributed by atoms with van der Waals surface area (Å²) in [7, 11) is 0. The van der Waals surface area contributed by atoms with Crippen molar-refractivity contribution in [3.8, 4) is 0 Å². The number of fused-ring (bicyclic) bond motifs is 1. The Morgan fingerprint density at radius 1 is 1.17 bits per heavy atom. The zero-order valence-corrected chi connectivity index (χ0v) is 18.9. The second-order valence-electron chi connectivity index (χ2n) is 8.27. The highest BCUT2D eigenvalue weighted by molar-refractivity contribution is 7.15. The lowest BCUT2D eigenvalue weighted by Gasteiger charge is -2.35. The number of aryl methyl sites for hydroxylation is 1. The molecule has 0 unspecified atom stereocenters. The van der Waals surface area contributed by atoms with Crippen LogP contribution in [0.5, 0.6) is 0 Å². The van der Waals surface area contributed by atoms with Crippen LogP contribution in [0.1, 0.15) is 30.8 Å². The van der Waals surface area contributed by atoms with Gasteiger partial charge in [0.2, 0.25) is 11.8 Å². The molecule has 0 spiro atoms. The molecule has 2 heterocycles. The number of nitrogens with one attached hydrogen (secondary N) is 1. The van der Waals surface area contributed by atoms with Crippen LogP contribution in [0, 0.1) is 11.8 Å². The van der Waals surface area contributed by atoms with Crippen LogP contribution in [-0.2, 0) is 22.4 Å². The molecule has 4 rings (SSSR count). The van der Waals surface area contributed by atoms with Crippen LogP contribution in [0.3, 0.4) is 0 Å². The molecule has 0 saturated carbocycles. The maximum absolute atomic E-state index is 12.7. The van der Waals surface area contributed by atoms with Gasteiger partial charge in [-0.3, -0.25) is 9.59 Å². The highest BCUT2D eigenvalue weighted by atomic mass is 35.5. The lowest BCUT2D eigenvalue weighted by molar-refractivity contribution is -0.134. The fourth-order valence-electron chi connectivity index (χ4n) is 3.98. The van der Waals surface area contributed by atoms with Crippen LogP contribution in [0.15, 0.2) is 24.3 Å². The molecule has 2 aromatic rings. The van der Waals surface area contributed by atoms with E-state index >= 15 is 0 Å². The van der Waals surface area contributed by atoms with Gasteiger partial charge >= 0.3 is 0 Å². The smallest absolute Gasteiger partial charge is 0.227 e. The first kappa shape index (κ1) is 21.1. The van der Waals surface area contributed by atoms with Crippen molar-refractivity contribution >= 4 is 45.6 Å². The minimum absolute atomic E-state index is 0.0398. The van der Waals surface area contributed by atoms with Crippen molar-refractivity contribution in [2.75, 3.05) is 36.4 Å². The first-order chi connectivity index (χ1) is 14.4. The quantitative estimate of drug-likeness (QED) is 0.774. The van der Waals surface area contributed by atoms with Crippen LogP contribution < -0.4 is 10.2 Å². The van der Waals surface area contributed by atoms with Crippen LogP contribution in [0.2, 0.25) is 5.02 Å². The van der Waals surface area contributed by atoms with Gasteiger partial charge in [-0.05, 0) is 43.5 Å². The molecule has 0 bridgehead atoms. The van der Waals surface area contributed by atoms with Crippen molar-refractivity contribution in [3.05, 3.63) is 39.9 Å². The molecule has 1 aromatic carbocycles. The molecule has 1 N–H and O–H groups in total. The summed E-state index contributed by atoms with van der Waals surface area (Å²) in [6.45, 7) is 7.00. The van der Waals surface area contributed by atoms with Crippen LogP contribution >= 0.6 is 22.9 Å². The lowest BCUT2D eigenvalue weighted by Crippen LogP contribution is -2.49. The van der Waals surface area contributed by atoms with Gasteiger partial charge in [-0.25, -0.2) is 4.98 Å². The van der Waals surface area contributed by atoms with Crippen LogP contribution in [0.4, 0.5) is 10.8 Å². The van der Waals surface area contributed by atoms with Crippen molar-refractivity contribution in [2.24, 2.45) is 11.8 Å². The molecule has 0 radical (unpaired) electrons. The topological polar surface area (TPSA) is 65.5 Å². The predicted octanol–water partition coefficient (Wildman–Crippen LogP) is 3.84. The van der Waals surface area contributed by atoms with Gasteiger partial charge in [0, 0.05) is 53.6 Å². The third-order valence-corrected chi connectivity index (χ3v) is 7.20. The van der Waals surface area contributed by atoms with E-state index in [4.69, 9.17) is 16.6 Å². The van der Waals surface area contributed by atoms with Crippen molar-refractivity contribution in [2.45, 2.75) is 33.1 Å². The summed E-state index contributed by atoms with van der Waals surface area (Å²) < 4.78 is 0. The molecule has 8 heteroatoms. The van der Waals surface area contributed by atoms with Crippen molar-refractivity contribution in [3.63, 3.8) is 0 Å². The molecule has 1 atom stereocenters. The summed E-state index contributed by atoms with van der Waals surface area (Å²) >= 11 is 7.62. The Balaban J connectivity index is 1.36. The van der Waals surface area contributed by atoms with E-state index in [1.807, 2.05) is 30.9 Å². The molecule has 1 aliphatic heterocycles. The first-order valence-electron chi connectivity index (χ1n) is 10.5. The van der Waals surface area contributed by atoms with Crippen LogP contribution in [0.25, 0.3) is 0 Å². The van der Waals surface area contributed by atoms with E-state index < -0.39 is 0 Å². The average Bonchev–Trinajstić information content (AvgIpc) is 3.18. The monoisotopic (exact) mass is 446 g/mol. The number of carbonyl (C=O) groups excluding carboxylic acids is 2. The molecular weight excluding hydrogens is 420 g/mol. The van der Waals surface area contributed by atoms with E-state index in [2.05, 4.69) is 10.2 Å². The second-order valence-corrected chi connectivity index (χ2v) is 9.77. The summed E-state index contributed by atoms with van der Waals surface area (Å²) in [5.74, 6) is 0.281. The van der Waals surface area contributed by atoms with E-state index in [1.54, 1.807) is 23.5 Å². The van der Waals surface area contributed by atoms with Gasteiger partial charge in [0.15, 0.2) is 5.13 Å². The number of anilines is 2. The Kier molecular flexibility index (Phi) is 6.29. The highest BCUT2D eigenvalue weighted by Crippen LogP contribution is 2.35. The minimum atomic E-state index is -0.0398. The van der Waals surface area contributed by atoms with Gasteiger partial charge in [0.1, 0.15) is 0 Å². The number of aromatic nitrogens is 1. The number of hydrogen-bond donors (Lipinski definition) is 1. The van der Waals surface area contributed by atoms with Crippen molar-refractivity contribution in [1.29, 1.82) is 0 Å². The summed E-state index contributed by atoms with van der Waals surface area (Å²) in [5, 5.41) is 4.68. The standard InChI is InChI=1S/C22H27ClN4O2S/c1-14(2)21(29)26-9-11-27(12-10-26)22-25-18-8-3-15(13-19(18)30-22)20(28)24-17-6-4-16(23)5-7-17/h4-7,14-15H,3,8-13H2,1-2H3,(H,24,28)/t15-/m0/s1. The third-order valence-electron chi connectivity index (χ3n) is 5.77. The third kappa shape index (κ3) is 4.62. The number of benzene rings is 1. The Morgan fingerprint density at radius 3 is 2.53 bits per heavy atom. The van der Waals surface area contributed by atoms with Crippen molar-refractivity contribution in [1.82, 2.24) is 9.88 Å². The number of thiazole rings is 1. The number of hydrogen-bond acceptors (Lipinski definition) is 5. The largest absolute Gasteiger partial charge is 0.345 e. The molecule has 2 aliphatic rings. The Bertz CT molecular complexity index is 920. The van der Waals surface area contributed by atoms with E-state index in [1.165, 1.54) is 4.88 Å². The molecule has 30 heavy (non-hydrogen) atoms. The number of piperazine rings is 1. The first-order valence-corrected chi connectivity index (χ1v) is 11.7. The summed E-state index contributed by atoms with van der Waals surface area (Å²) in [6, 6.07) is 7.20. The number of halogens is 1. The van der Waals surface area contributed by atoms with E-state index in [-0.39, 0.29) is 23.7 Å². The molecule has 1 saturated heterocycles. The summed E-state index contributed by atoms with van der Waals surface area (Å²) in [6.07, 6.45) is 2.38. The Labute approximate surface area is 186 Å². The van der Waals surface area contributed by atoms with E-state index in [9.17, 15) is 9.59 Å². The van der Waals surface area contributed by atoms with Gasteiger partial charge in [-0.2, -0.15) is 0 Å². The molecule has 1 aliphatic carbocycles. The number of rotatable bonds is 4. The molecule has 1 fully saturated rings. The van der Waals surface area contributed by atoms with E-state index in [0.29, 0.717) is 5.02 Å². The fraction of sp³-hybridized carbons (Fsp3) is 0.500. The van der Waals surface area contributed by atoms with E-state index in [0.717, 1.165) is 62.0 Å². The zero-order valence-electron chi connectivity index (χ0n) is 17.4. The Hall–Kier alpha value is -2.12. The normalized spacial score (nSPS) is 19.0. The highest BCUT2D eigenvalue weighted by Gasteiger charge is 2.30. The number of amides is 2. The Morgan fingerprint density at radius 2 is 1.87 bits per heavy atom. The lowest BCUT2D eigenvalue weighted by atomic mass is 9.90. The fourth-order valence-corrected chi connectivity index (χ4v) is 5.35. The molecular formula is C22H27ClN4O2S. The number of carbonyl (C=O) groups is 2. The van der Waals surface area contributed by atoms with Gasteiger partial charge in [-0.1, -0.05) is 25.4 Å². The maximum atomic E-state index is 12.7. The molecule has 160 valence electrons. The molecule has 2 amide bonds. The number of nitrogens with zero attached hydrogens (tertiary/aromatic N) is 3. The van der Waals surface area contributed by atoms with Crippen molar-refractivity contribution < 1.29 is 9.59 Å². The second kappa shape index (κ2) is 8.94. The van der Waals surface area contributed by atoms with Gasteiger partial charge in [0.25, 0.3) is 0 Å². The molecule has 6 nitrogen and oxygen atoms in total. The van der Waals surface area contributed by atoms with Gasteiger partial charge < -0.3 is 15.1 Å².